The van der Waals surface area contributed by atoms with Gasteiger partial charge in [0.1, 0.15) is 5.60 Å². The summed E-state index contributed by atoms with van der Waals surface area (Å²) in [5, 5.41) is 1.45. The second-order valence-corrected chi connectivity index (χ2v) is 10.0. The SMILES string of the molecule is CC(C)(C)OC(=O)N1CCN(C(=O)CCN2C(=O)c3cccc4c(Br)ccc(c34)C2=O)CC1. The Kier molecular flexibility index (Phi) is 6.18. The summed E-state index contributed by atoms with van der Waals surface area (Å²) in [6.07, 6.45) is -0.357. The Morgan fingerprint density at radius 3 is 2.18 bits per heavy atom. The molecule has 8 nitrogen and oxygen atoms in total. The van der Waals surface area contributed by atoms with E-state index in [0.29, 0.717) is 42.7 Å². The van der Waals surface area contributed by atoms with E-state index in [1.54, 1.807) is 34.1 Å². The standard InChI is InChI=1S/C24H26BrN3O5/c1-24(2,3)33-23(32)27-13-11-26(12-14-27)19(29)9-10-28-21(30)16-6-4-5-15-18(25)8-7-17(20(15)16)22(28)31/h4-8H,9-14H2,1-3H3. The summed E-state index contributed by atoms with van der Waals surface area (Å²) < 4.78 is 6.20. The Hall–Kier alpha value is -2.94. The van der Waals surface area contributed by atoms with E-state index in [2.05, 4.69) is 15.9 Å². The van der Waals surface area contributed by atoms with E-state index < -0.39 is 23.5 Å². The van der Waals surface area contributed by atoms with Gasteiger partial charge in [-0.25, -0.2) is 4.79 Å². The van der Waals surface area contributed by atoms with E-state index in [4.69, 9.17) is 4.74 Å². The van der Waals surface area contributed by atoms with E-state index >= 15 is 0 Å². The lowest BCUT2D eigenvalue weighted by atomic mass is 9.94. The molecule has 0 N–H and O–H groups in total. The monoisotopic (exact) mass is 515 g/mol. The number of rotatable bonds is 3. The highest BCUT2D eigenvalue weighted by atomic mass is 79.9. The number of hydrogen-bond acceptors (Lipinski definition) is 5. The third-order valence-electron chi connectivity index (χ3n) is 5.77. The van der Waals surface area contributed by atoms with Crippen LogP contribution < -0.4 is 0 Å². The first kappa shape index (κ1) is 23.2. The quantitative estimate of drug-likeness (QED) is 0.582. The van der Waals surface area contributed by atoms with Gasteiger partial charge in [0.2, 0.25) is 5.91 Å². The Morgan fingerprint density at radius 2 is 1.55 bits per heavy atom. The van der Waals surface area contributed by atoms with Crippen molar-refractivity contribution in [3.8, 4) is 0 Å². The second kappa shape index (κ2) is 8.78. The molecule has 0 aromatic heterocycles. The van der Waals surface area contributed by atoms with Crippen LogP contribution in [-0.4, -0.2) is 76.8 Å². The average Bonchev–Trinajstić information content (AvgIpc) is 2.77. The van der Waals surface area contributed by atoms with Crippen molar-refractivity contribution in [3.05, 3.63) is 45.9 Å². The Balaban J connectivity index is 1.39. The Morgan fingerprint density at radius 1 is 0.939 bits per heavy atom. The number of carbonyl (C=O) groups excluding carboxylic acids is 4. The highest BCUT2D eigenvalue weighted by Gasteiger charge is 2.34. The van der Waals surface area contributed by atoms with Gasteiger partial charge in [-0.2, -0.15) is 0 Å². The Bertz CT molecular complexity index is 1130. The highest BCUT2D eigenvalue weighted by Crippen LogP contribution is 2.34. The molecule has 2 heterocycles. The fourth-order valence-corrected chi connectivity index (χ4v) is 4.61. The van der Waals surface area contributed by atoms with Crippen molar-refractivity contribution >= 4 is 50.5 Å². The number of nitrogens with zero attached hydrogens (tertiary/aromatic N) is 3. The van der Waals surface area contributed by atoms with Gasteiger partial charge in [0.05, 0.1) is 0 Å². The van der Waals surface area contributed by atoms with Crippen LogP contribution in [0, 0.1) is 0 Å². The average molecular weight is 516 g/mol. The molecule has 4 amide bonds. The summed E-state index contributed by atoms with van der Waals surface area (Å²) in [6.45, 7) is 6.97. The normalized spacial score (nSPS) is 16.4. The zero-order valence-electron chi connectivity index (χ0n) is 18.9. The van der Waals surface area contributed by atoms with Crippen molar-refractivity contribution in [3.63, 3.8) is 0 Å². The van der Waals surface area contributed by atoms with E-state index in [-0.39, 0.29) is 18.9 Å². The molecule has 174 valence electrons. The first-order valence-electron chi connectivity index (χ1n) is 10.9. The third-order valence-corrected chi connectivity index (χ3v) is 6.46. The predicted molar refractivity (Wildman–Crippen MR) is 126 cm³/mol. The molecule has 0 unspecified atom stereocenters. The van der Waals surface area contributed by atoms with Crippen LogP contribution in [0.4, 0.5) is 4.79 Å². The molecular formula is C24H26BrN3O5. The number of benzene rings is 2. The van der Waals surface area contributed by atoms with Crippen molar-refractivity contribution in [2.75, 3.05) is 32.7 Å². The van der Waals surface area contributed by atoms with Gasteiger partial charge in [0.15, 0.2) is 0 Å². The molecule has 2 aromatic rings. The molecule has 0 saturated carbocycles. The molecule has 1 saturated heterocycles. The van der Waals surface area contributed by atoms with Crippen LogP contribution in [0.3, 0.4) is 0 Å². The fraction of sp³-hybridized carbons (Fsp3) is 0.417. The van der Waals surface area contributed by atoms with Gasteiger partial charge < -0.3 is 14.5 Å². The van der Waals surface area contributed by atoms with Crippen LogP contribution in [0.1, 0.15) is 47.9 Å². The van der Waals surface area contributed by atoms with Crippen LogP contribution in [0.25, 0.3) is 10.8 Å². The highest BCUT2D eigenvalue weighted by molar-refractivity contribution is 9.10. The molecule has 2 aliphatic heterocycles. The first-order chi connectivity index (χ1) is 15.6. The fourth-order valence-electron chi connectivity index (χ4n) is 4.14. The van der Waals surface area contributed by atoms with Crippen LogP contribution >= 0.6 is 15.9 Å². The van der Waals surface area contributed by atoms with E-state index in [1.807, 2.05) is 26.8 Å². The maximum Gasteiger partial charge on any atom is 0.410 e. The van der Waals surface area contributed by atoms with Gasteiger partial charge in [0, 0.05) is 60.1 Å². The Labute approximate surface area is 200 Å². The lowest BCUT2D eigenvalue weighted by Crippen LogP contribution is -2.52. The summed E-state index contributed by atoms with van der Waals surface area (Å²) >= 11 is 3.48. The second-order valence-electron chi connectivity index (χ2n) is 9.18. The number of halogens is 1. The van der Waals surface area contributed by atoms with Crippen LogP contribution in [0.15, 0.2) is 34.8 Å². The molecule has 0 atom stereocenters. The molecule has 0 radical (unpaired) electrons. The molecule has 9 heteroatoms. The smallest absolute Gasteiger partial charge is 0.410 e. The van der Waals surface area contributed by atoms with Gasteiger partial charge >= 0.3 is 6.09 Å². The van der Waals surface area contributed by atoms with E-state index in [9.17, 15) is 19.2 Å². The van der Waals surface area contributed by atoms with Crippen LogP contribution in [0.5, 0.6) is 0 Å². The maximum atomic E-state index is 13.1. The summed E-state index contributed by atoms with van der Waals surface area (Å²) in [5.41, 5.74) is 0.347. The number of ether oxygens (including phenoxy) is 1. The number of amides is 4. The van der Waals surface area contributed by atoms with E-state index in [0.717, 1.165) is 14.8 Å². The zero-order chi connectivity index (χ0) is 23.9. The number of hydrogen-bond donors (Lipinski definition) is 0. The van der Waals surface area contributed by atoms with Crippen molar-refractivity contribution in [1.82, 2.24) is 14.7 Å². The first-order valence-corrected chi connectivity index (χ1v) is 11.7. The lowest BCUT2D eigenvalue weighted by molar-refractivity contribution is -0.133. The number of imide groups is 1. The van der Waals surface area contributed by atoms with Gasteiger partial charge in [-0.15, -0.1) is 0 Å². The minimum Gasteiger partial charge on any atom is -0.444 e. The topological polar surface area (TPSA) is 87.2 Å². The number of piperazine rings is 1. The summed E-state index contributed by atoms with van der Waals surface area (Å²) in [6, 6.07) is 8.85. The van der Waals surface area contributed by atoms with Crippen LogP contribution in [0.2, 0.25) is 0 Å². The van der Waals surface area contributed by atoms with Gasteiger partial charge in [-0.3, -0.25) is 19.3 Å². The molecule has 0 bridgehead atoms. The largest absolute Gasteiger partial charge is 0.444 e. The van der Waals surface area contributed by atoms with Gasteiger partial charge in [-0.05, 0) is 44.4 Å². The van der Waals surface area contributed by atoms with Crippen molar-refractivity contribution < 1.29 is 23.9 Å². The summed E-state index contributed by atoms with van der Waals surface area (Å²) in [5.74, 6) is -0.934. The molecule has 1 fully saturated rings. The molecule has 0 aliphatic carbocycles. The maximum absolute atomic E-state index is 13.1. The zero-order valence-corrected chi connectivity index (χ0v) is 20.5. The molecular weight excluding hydrogens is 490 g/mol. The number of carbonyl (C=O) groups is 4. The van der Waals surface area contributed by atoms with Crippen molar-refractivity contribution in [2.45, 2.75) is 32.8 Å². The lowest BCUT2D eigenvalue weighted by Gasteiger charge is -2.36. The van der Waals surface area contributed by atoms with Crippen molar-refractivity contribution in [2.24, 2.45) is 0 Å². The molecule has 0 spiro atoms. The third kappa shape index (κ3) is 4.59. The molecule has 2 aliphatic rings. The van der Waals surface area contributed by atoms with Gasteiger partial charge in [-0.1, -0.05) is 28.1 Å². The molecule has 33 heavy (non-hydrogen) atoms. The van der Waals surface area contributed by atoms with E-state index in [1.165, 1.54) is 0 Å². The van der Waals surface area contributed by atoms with Crippen LogP contribution in [-0.2, 0) is 9.53 Å². The minimum absolute atomic E-state index is 0.00860. The predicted octanol–water partition coefficient (Wildman–Crippen LogP) is 3.67. The molecule has 2 aromatic carbocycles. The molecule has 4 rings (SSSR count). The van der Waals surface area contributed by atoms with Crippen molar-refractivity contribution in [1.29, 1.82) is 0 Å². The summed E-state index contributed by atoms with van der Waals surface area (Å²) in [4.78, 5) is 55.5. The van der Waals surface area contributed by atoms with Gasteiger partial charge in [0.25, 0.3) is 11.8 Å². The minimum atomic E-state index is -0.573. The summed E-state index contributed by atoms with van der Waals surface area (Å²) in [7, 11) is 0.